The van der Waals surface area contributed by atoms with E-state index in [1.807, 2.05) is 12.1 Å². The fraction of sp³-hybridized carbons (Fsp3) is 0.185. The summed E-state index contributed by atoms with van der Waals surface area (Å²) < 4.78 is 27.1. The van der Waals surface area contributed by atoms with E-state index in [4.69, 9.17) is 40.3 Å². The summed E-state index contributed by atoms with van der Waals surface area (Å²) in [5.74, 6) is 2.55. The van der Waals surface area contributed by atoms with Crippen LogP contribution in [-0.4, -0.2) is 47.3 Å². The van der Waals surface area contributed by atoms with Crippen LogP contribution in [0.3, 0.4) is 0 Å². The standard InChI is InChI=1S/C27H25ClN2O6/c1-32-21-11-10-19(15-22(21)33-2)30-26(17-6-8-18(28)9-7-17)29-20(27(30)31)12-16-13-23(34-3)25(36-5)24(14-16)35-4/h6-15H,1-5H3/b20-12-. The Labute approximate surface area is 214 Å². The number of rotatable bonds is 8. The Morgan fingerprint density at radius 3 is 1.92 bits per heavy atom. The summed E-state index contributed by atoms with van der Waals surface area (Å²) in [5, 5.41) is 0.578. The average molecular weight is 509 g/mol. The second-order valence-electron chi connectivity index (χ2n) is 7.61. The second-order valence-corrected chi connectivity index (χ2v) is 8.05. The van der Waals surface area contributed by atoms with E-state index < -0.39 is 0 Å². The number of nitrogens with zero attached hydrogens (tertiary/aromatic N) is 2. The number of hydrogen-bond donors (Lipinski definition) is 0. The normalized spacial score (nSPS) is 14.1. The summed E-state index contributed by atoms with van der Waals surface area (Å²) in [4.78, 5) is 19.9. The fourth-order valence-electron chi connectivity index (χ4n) is 3.86. The van der Waals surface area contributed by atoms with Gasteiger partial charge in [0, 0.05) is 16.7 Å². The first-order chi connectivity index (χ1) is 17.4. The van der Waals surface area contributed by atoms with E-state index in [2.05, 4.69) is 0 Å². The van der Waals surface area contributed by atoms with Gasteiger partial charge < -0.3 is 23.7 Å². The Morgan fingerprint density at radius 1 is 0.750 bits per heavy atom. The van der Waals surface area contributed by atoms with Gasteiger partial charge in [0.2, 0.25) is 5.75 Å². The van der Waals surface area contributed by atoms with Crippen molar-refractivity contribution in [2.45, 2.75) is 0 Å². The van der Waals surface area contributed by atoms with Crippen molar-refractivity contribution in [1.82, 2.24) is 0 Å². The third kappa shape index (κ3) is 4.67. The molecule has 0 atom stereocenters. The zero-order valence-electron chi connectivity index (χ0n) is 20.5. The zero-order valence-corrected chi connectivity index (χ0v) is 21.3. The maximum Gasteiger partial charge on any atom is 0.282 e. The molecular formula is C27H25ClN2O6. The Kier molecular flexibility index (Phi) is 7.36. The maximum atomic E-state index is 13.7. The van der Waals surface area contributed by atoms with Crippen molar-refractivity contribution in [1.29, 1.82) is 0 Å². The maximum absolute atomic E-state index is 13.7. The highest BCUT2D eigenvalue weighted by Crippen LogP contribution is 2.40. The summed E-state index contributed by atoms with van der Waals surface area (Å²) >= 11 is 6.10. The van der Waals surface area contributed by atoms with Crippen LogP contribution >= 0.6 is 11.6 Å². The third-order valence-electron chi connectivity index (χ3n) is 5.58. The van der Waals surface area contributed by atoms with Crippen LogP contribution < -0.4 is 28.6 Å². The molecule has 1 amide bonds. The first kappa shape index (κ1) is 24.9. The highest BCUT2D eigenvalue weighted by Gasteiger charge is 2.33. The van der Waals surface area contributed by atoms with Gasteiger partial charge in [-0.2, -0.15) is 0 Å². The molecule has 0 spiro atoms. The van der Waals surface area contributed by atoms with Crippen molar-refractivity contribution in [2.24, 2.45) is 4.99 Å². The average Bonchev–Trinajstić information content (AvgIpc) is 3.23. The molecule has 0 saturated carbocycles. The molecule has 186 valence electrons. The molecule has 36 heavy (non-hydrogen) atoms. The number of amidine groups is 1. The lowest BCUT2D eigenvalue weighted by Crippen LogP contribution is -2.32. The first-order valence-electron chi connectivity index (χ1n) is 10.9. The van der Waals surface area contributed by atoms with Crippen LogP contribution in [0.25, 0.3) is 6.08 Å². The molecule has 0 radical (unpaired) electrons. The van der Waals surface area contributed by atoms with Gasteiger partial charge in [-0.3, -0.25) is 9.69 Å². The molecule has 1 aliphatic heterocycles. The van der Waals surface area contributed by atoms with Crippen LogP contribution in [-0.2, 0) is 4.79 Å². The number of amides is 1. The second kappa shape index (κ2) is 10.6. The molecule has 1 aliphatic rings. The smallest absolute Gasteiger partial charge is 0.282 e. The summed E-state index contributed by atoms with van der Waals surface area (Å²) in [6.45, 7) is 0. The molecule has 0 N–H and O–H groups in total. The van der Waals surface area contributed by atoms with Gasteiger partial charge in [-0.15, -0.1) is 0 Å². The molecule has 0 aliphatic carbocycles. The number of anilines is 1. The Balaban J connectivity index is 1.85. The van der Waals surface area contributed by atoms with Gasteiger partial charge in [-0.25, -0.2) is 4.99 Å². The van der Waals surface area contributed by atoms with E-state index in [0.29, 0.717) is 50.9 Å². The molecule has 9 heteroatoms. The van der Waals surface area contributed by atoms with Gasteiger partial charge in [0.25, 0.3) is 5.91 Å². The monoisotopic (exact) mass is 508 g/mol. The van der Waals surface area contributed by atoms with Crippen LogP contribution in [0.4, 0.5) is 5.69 Å². The minimum absolute atomic E-state index is 0.226. The number of ether oxygens (including phenoxy) is 5. The molecule has 3 aromatic carbocycles. The van der Waals surface area contributed by atoms with Gasteiger partial charge in [0.15, 0.2) is 23.0 Å². The highest BCUT2D eigenvalue weighted by molar-refractivity contribution is 6.34. The largest absolute Gasteiger partial charge is 0.493 e. The molecule has 4 rings (SSSR count). The number of methoxy groups -OCH3 is 5. The molecule has 0 unspecified atom stereocenters. The molecule has 1 heterocycles. The summed E-state index contributed by atoms with van der Waals surface area (Å²) in [7, 11) is 7.69. The number of benzene rings is 3. The van der Waals surface area contributed by atoms with E-state index in [1.54, 1.807) is 55.7 Å². The molecule has 8 nitrogen and oxygen atoms in total. The van der Waals surface area contributed by atoms with E-state index in [0.717, 1.165) is 5.56 Å². The van der Waals surface area contributed by atoms with Crippen LogP contribution in [0.1, 0.15) is 11.1 Å². The zero-order chi connectivity index (χ0) is 25.8. The lowest BCUT2D eigenvalue weighted by molar-refractivity contribution is -0.113. The van der Waals surface area contributed by atoms with Crippen molar-refractivity contribution in [3.8, 4) is 28.7 Å². The Hall–Kier alpha value is -4.17. The van der Waals surface area contributed by atoms with Crippen LogP contribution in [0.15, 0.2) is 65.3 Å². The summed E-state index contributed by atoms with van der Waals surface area (Å²) in [6.07, 6.45) is 1.67. The summed E-state index contributed by atoms with van der Waals surface area (Å²) in [6, 6.07) is 15.8. The van der Waals surface area contributed by atoms with Gasteiger partial charge in [0.05, 0.1) is 41.2 Å². The van der Waals surface area contributed by atoms with Crippen LogP contribution in [0.5, 0.6) is 28.7 Å². The van der Waals surface area contributed by atoms with Crippen molar-refractivity contribution < 1.29 is 28.5 Å². The van der Waals surface area contributed by atoms with E-state index >= 15 is 0 Å². The first-order valence-corrected chi connectivity index (χ1v) is 11.2. The molecular weight excluding hydrogens is 484 g/mol. The van der Waals surface area contributed by atoms with E-state index in [1.165, 1.54) is 33.3 Å². The SMILES string of the molecule is COc1ccc(N2C(=O)/C(=C/c3cc(OC)c(OC)c(OC)c3)N=C2c2ccc(Cl)cc2)cc1OC. The Morgan fingerprint density at radius 2 is 1.36 bits per heavy atom. The van der Waals surface area contributed by atoms with Crippen LogP contribution in [0.2, 0.25) is 5.02 Å². The number of halogens is 1. The van der Waals surface area contributed by atoms with E-state index in [9.17, 15) is 4.79 Å². The quantitative estimate of drug-likeness (QED) is 0.388. The van der Waals surface area contributed by atoms with Crippen molar-refractivity contribution in [2.75, 3.05) is 40.4 Å². The summed E-state index contributed by atoms with van der Waals surface area (Å²) in [5.41, 5.74) is 2.17. The van der Waals surface area contributed by atoms with Gasteiger partial charge in [-0.05, 0) is 60.2 Å². The molecule has 0 bridgehead atoms. The van der Waals surface area contributed by atoms with Crippen molar-refractivity contribution in [3.63, 3.8) is 0 Å². The third-order valence-corrected chi connectivity index (χ3v) is 5.83. The minimum Gasteiger partial charge on any atom is -0.493 e. The van der Waals surface area contributed by atoms with Gasteiger partial charge in [-0.1, -0.05) is 11.6 Å². The minimum atomic E-state index is -0.319. The van der Waals surface area contributed by atoms with Crippen LogP contribution in [0, 0.1) is 0 Å². The fourth-order valence-corrected chi connectivity index (χ4v) is 3.98. The lowest BCUT2D eigenvalue weighted by Gasteiger charge is -2.20. The number of carbonyl (C=O) groups excluding carboxylic acids is 1. The van der Waals surface area contributed by atoms with E-state index in [-0.39, 0.29) is 11.6 Å². The molecule has 3 aromatic rings. The molecule has 0 fully saturated rings. The molecule has 0 aromatic heterocycles. The number of aliphatic imine (C=N–C) groups is 1. The predicted molar refractivity (Wildman–Crippen MR) is 139 cm³/mol. The Bertz CT molecular complexity index is 1330. The number of carbonyl (C=O) groups is 1. The van der Waals surface area contributed by atoms with Crippen molar-refractivity contribution >= 4 is 35.1 Å². The molecule has 0 saturated heterocycles. The number of hydrogen-bond acceptors (Lipinski definition) is 7. The topological polar surface area (TPSA) is 78.8 Å². The highest BCUT2D eigenvalue weighted by atomic mass is 35.5. The van der Waals surface area contributed by atoms with Gasteiger partial charge in [0.1, 0.15) is 11.5 Å². The lowest BCUT2D eigenvalue weighted by atomic mass is 10.1. The van der Waals surface area contributed by atoms with Gasteiger partial charge >= 0.3 is 0 Å². The predicted octanol–water partition coefficient (Wildman–Crippen LogP) is 5.22. The van der Waals surface area contributed by atoms with Crippen molar-refractivity contribution in [3.05, 3.63) is 76.4 Å².